The van der Waals surface area contributed by atoms with Crippen LogP contribution >= 0.6 is 0 Å². The van der Waals surface area contributed by atoms with E-state index in [9.17, 15) is 4.79 Å². The van der Waals surface area contributed by atoms with Crippen molar-refractivity contribution in [3.8, 4) is 0 Å². The first kappa shape index (κ1) is 14.5. The largest absolute Gasteiger partial charge is 0.468 e. The number of aromatic nitrogens is 1. The first-order chi connectivity index (χ1) is 11.3. The fraction of sp³-hybridized carbons (Fsp3) is 0.529. The Bertz CT molecular complexity index is 654. The smallest absolute Gasteiger partial charge is 0.273 e. The molecule has 0 spiro atoms. The van der Waals surface area contributed by atoms with Gasteiger partial charge < -0.3 is 14.3 Å². The third kappa shape index (κ3) is 3.17. The van der Waals surface area contributed by atoms with Crippen LogP contribution in [0.2, 0.25) is 0 Å². The van der Waals surface area contributed by atoms with Crippen molar-refractivity contribution in [2.24, 2.45) is 0 Å². The molecule has 2 aromatic rings. The topological polar surface area (TPSA) is 71.5 Å². The summed E-state index contributed by atoms with van der Waals surface area (Å²) < 4.78 is 10.8. The molecular weight excluding hydrogens is 294 g/mol. The quantitative estimate of drug-likeness (QED) is 0.887. The minimum Gasteiger partial charge on any atom is -0.468 e. The van der Waals surface area contributed by atoms with E-state index in [1.807, 2.05) is 12.1 Å². The van der Waals surface area contributed by atoms with Crippen molar-refractivity contribution in [2.45, 2.75) is 37.6 Å². The van der Waals surface area contributed by atoms with Crippen molar-refractivity contribution in [1.82, 2.24) is 15.4 Å². The fourth-order valence-corrected chi connectivity index (χ4v) is 3.18. The minimum atomic E-state index is -0.184. The Morgan fingerprint density at radius 2 is 2.22 bits per heavy atom. The third-order valence-corrected chi connectivity index (χ3v) is 4.65. The number of rotatable bonds is 6. The van der Waals surface area contributed by atoms with E-state index in [1.165, 1.54) is 12.8 Å². The normalized spacial score (nSPS) is 19.8. The van der Waals surface area contributed by atoms with Crippen LogP contribution in [0.1, 0.15) is 59.7 Å². The maximum absolute atomic E-state index is 12.3. The Hall–Kier alpha value is -2.08. The molecule has 23 heavy (non-hydrogen) atoms. The molecule has 1 saturated heterocycles. The lowest BCUT2D eigenvalue weighted by Crippen LogP contribution is -2.36. The molecule has 2 fully saturated rings. The second kappa shape index (κ2) is 6.20. The maximum Gasteiger partial charge on any atom is 0.273 e. The van der Waals surface area contributed by atoms with Crippen molar-refractivity contribution in [3.63, 3.8) is 0 Å². The van der Waals surface area contributed by atoms with Crippen molar-refractivity contribution in [1.29, 1.82) is 0 Å². The maximum atomic E-state index is 12.3. The lowest BCUT2D eigenvalue weighted by Gasteiger charge is -2.25. The van der Waals surface area contributed by atoms with Crippen LogP contribution in [-0.4, -0.2) is 35.6 Å². The highest BCUT2D eigenvalue weighted by Gasteiger charge is 2.30. The highest BCUT2D eigenvalue weighted by molar-refractivity contribution is 5.92. The monoisotopic (exact) mass is 315 g/mol. The first-order valence-electron chi connectivity index (χ1n) is 8.33. The fourth-order valence-electron chi connectivity index (χ4n) is 3.18. The van der Waals surface area contributed by atoms with Crippen molar-refractivity contribution < 1.29 is 13.7 Å². The minimum absolute atomic E-state index is 0.0752. The number of nitrogens with one attached hydrogen (secondary N) is 1. The summed E-state index contributed by atoms with van der Waals surface area (Å²) in [5.41, 5.74) is 0.367. The molecule has 3 heterocycles. The van der Waals surface area contributed by atoms with Crippen LogP contribution in [0.5, 0.6) is 0 Å². The van der Waals surface area contributed by atoms with E-state index in [1.54, 1.807) is 12.3 Å². The van der Waals surface area contributed by atoms with Gasteiger partial charge in [0.1, 0.15) is 11.5 Å². The molecule has 6 heteroatoms. The number of hydrogen-bond donors (Lipinski definition) is 1. The van der Waals surface area contributed by atoms with Crippen LogP contribution in [0.4, 0.5) is 0 Å². The number of furan rings is 1. The van der Waals surface area contributed by atoms with E-state index in [0.717, 1.165) is 37.5 Å². The van der Waals surface area contributed by atoms with Crippen LogP contribution in [0.25, 0.3) is 0 Å². The summed E-state index contributed by atoms with van der Waals surface area (Å²) in [6.07, 6.45) is 6.33. The molecule has 6 nitrogen and oxygen atoms in total. The molecular formula is C17H21N3O3. The van der Waals surface area contributed by atoms with Gasteiger partial charge in [-0.2, -0.15) is 0 Å². The number of carbonyl (C=O) groups excluding carboxylic acids is 1. The molecule has 0 aromatic carbocycles. The lowest BCUT2D eigenvalue weighted by atomic mass is 10.2. The summed E-state index contributed by atoms with van der Waals surface area (Å²) in [6.45, 7) is 2.59. The van der Waals surface area contributed by atoms with Crippen molar-refractivity contribution in [3.05, 3.63) is 41.7 Å². The molecule has 1 aliphatic carbocycles. The lowest BCUT2D eigenvalue weighted by molar-refractivity contribution is 0.0924. The van der Waals surface area contributed by atoms with E-state index in [2.05, 4.69) is 15.4 Å². The van der Waals surface area contributed by atoms with Gasteiger partial charge in [-0.3, -0.25) is 9.69 Å². The zero-order chi connectivity index (χ0) is 15.6. The van der Waals surface area contributed by atoms with Gasteiger partial charge in [0.2, 0.25) is 0 Å². The average Bonchev–Trinajstić information content (AvgIpc) is 3.06. The van der Waals surface area contributed by atoms with Crippen LogP contribution in [0.3, 0.4) is 0 Å². The van der Waals surface area contributed by atoms with Crippen LogP contribution in [0.15, 0.2) is 33.4 Å². The number of nitrogens with zero attached hydrogens (tertiary/aromatic N) is 2. The molecule has 1 unspecified atom stereocenters. The van der Waals surface area contributed by atoms with Crippen LogP contribution < -0.4 is 5.32 Å². The number of hydrogen-bond acceptors (Lipinski definition) is 5. The Morgan fingerprint density at radius 1 is 1.39 bits per heavy atom. The number of carbonyl (C=O) groups is 1. The summed E-state index contributed by atoms with van der Waals surface area (Å²) in [4.78, 5) is 14.7. The van der Waals surface area contributed by atoms with Gasteiger partial charge in [-0.1, -0.05) is 5.16 Å². The zero-order valence-corrected chi connectivity index (χ0v) is 13.0. The second-order valence-electron chi connectivity index (χ2n) is 6.37. The number of likely N-dealkylation sites (tertiary alicyclic amines) is 1. The molecule has 1 N–H and O–H groups in total. The average molecular weight is 315 g/mol. The van der Waals surface area contributed by atoms with Gasteiger partial charge in [-0.05, 0) is 50.9 Å². The van der Waals surface area contributed by atoms with E-state index in [0.29, 0.717) is 18.2 Å². The third-order valence-electron chi connectivity index (χ3n) is 4.65. The van der Waals surface area contributed by atoms with Gasteiger partial charge in [0.25, 0.3) is 5.91 Å². The van der Waals surface area contributed by atoms with Gasteiger partial charge in [0, 0.05) is 18.5 Å². The Morgan fingerprint density at radius 3 is 2.91 bits per heavy atom. The standard InChI is InChI=1S/C17H21N3O3/c21-17(13-10-16(23-19-13)12-5-6-12)18-11-14(15-4-3-9-22-15)20-7-1-2-8-20/h3-4,9-10,12,14H,1-2,5-8,11H2,(H,18,21). The Labute approximate surface area is 134 Å². The summed E-state index contributed by atoms with van der Waals surface area (Å²) in [7, 11) is 0. The van der Waals surface area contributed by atoms with E-state index in [-0.39, 0.29) is 11.9 Å². The highest BCUT2D eigenvalue weighted by Crippen LogP contribution is 2.40. The van der Waals surface area contributed by atoms with Crippen molar-refractivity contribution in [2.75, 3.05) is 19.6 Å². The summed E-state index contributed by atoms with van der Waals surface area (Å²) in [6, 6.07) is 5.70. The summed E-state index contributed by atoms with van der Waals surface area (Å²) in [5.74, 6) is 2.00. The molecule has 2 aromatic heterocycles. The molecule has 0 bridgehead atoms. The van der Waals surface area contributed by atoms with E-state index in [4.69, 9.17) is 8.94 Å². The molecule has 1 aliphatic heterocycles. The molecule has 2 aliphatic rings. The molecule has 122 valence electrons. The molecule has 1 atom stereocenters. The molecule has 1 amide bonds. The number of amides is 1. The molecule has 0 radical (unpaired) electrons. The summed E-state index contributed by atoms with van der Waals surface area (Å²) >= 11 is 0. The van der Waals surface area contributed by atoms with Gasteiger partial charge in [-0.25, -0.2) is 0 Å². The van der Waals surface area contributed by atoms with E-state index >= 15 is 0 Å². The van der Waals surface area contributed by atoms with Gasteiger partial charge in [0.05, 0.1) is 12.3 Å². The molecule has 1 saturated carbocycles. The predicted octanol–water partition coefficient (Wildman–Crippen LogP) is 2.71. The SMILES string of the molecule is O=C(NCC(c1ccco1)N1CCCC1)c1cc(C2CC2)on1. The Balaban J connectivity index is 1.41. The zero-order valence-electron chi connectivity index (χ0n) is 13.0. The van der Waals surface area contributed by atoms with E-state index < -0.39 is 0 Å². The summed E-state index contributed by atoms with van der Waals surface area (Å²) in [5, 5.41) is 6.87. The van der Waals surface area contributed by atoms with Gasteiger partial charge in [-0.15, -0.1) is 0 Å². The van der Waals surface area contributed by atoms with Crippen LogP contribution in [-0.2, 0) is 0 Å². The van der Waals surface area contributed by atoms with Crippen molar-refractivity contribution >= 4 is 5.91 Å². The van der Waals surface area contributed by atoms with Gasteiger partial charge in [0.15, 0.2) is 5.69 Å². The predicted molar refractivity (Wildman–Crippen MR) is 83.1 cm³/mol. The van der Waals surface area contributed by atoms with Gasteiger partial charge >= 0.3 is 0 Å². The second-order valence-corrected chi connectivity index (χ2v) is 6.37. The first-order valence-corrected chi connectivity index (χ1v) is 8.33. The molecule has 4 rings (SSSR count). The Kier molecular flexibility index (Phi) is 3.91. The van der Waals surface area contributed by atoms with Crippen LogP contribution in [0, 0.1) is 0 Å². The highest BCUT2D eigenvalue weighted by atomic mass is 16.5.